The minimum absolute atomic E-state index is 0.418. The Morgan fingerprint density at radius 1 is 1.39 bits per heavy atom. The van der Waals surface area contributed by atoms with Gasteiger partial charge in [-0.05, 0) is 37.5 Å². The molecule has 0 unspecified atom stereocenters. The Morgan fingerprint density at radius 3 is 2.56 bits per heavy atom. The zero-order valence-corrected chi connectivity index (χ0v) is 11.1. The van der Waals surface area contributed by atoms with Crippen molar-refractivity contribution in [2.45, 2.75) is 24.8 Å². The molecular weight excluding hydrogens is 228 g/mol. The fraction of sp³-hybridized carbons (Fsp3) is 0.500. The van der Waals surface area contributed by atoms with Crippen LogP contribution in [0.25, 0.3) is 0 Å². The van der Waals surface area contributed by atoms with Gasteiger partial charge in [-0.2, -0.15) is 4.99 Å². The van der Waals surface area contributed by atoms with Crippen molar-refractivity contribution < 1.29 is 9.53 Å². The Morgan fingerprint density at radius 2 is 2.11 bits per heavy atom. The molecule has 0 heterocycles. The number of hydrogen-bond donors (Lipinski definition) is 0. The molecule has 1 saturated carbocycles. The van der Waals surface area contributed by atoms with Crippen molar-refractivity contribution in [1.82, 2.24) is 0 Å². The number of carbonyl (C=O) groups excluding carboxylic acids is 1. The summed E-state index contributed by atoms with van der Waals surface area (Å²) in [6.45, 7) is 0. The topological polar surface area (TPSA) is 41.9 Å². The van der Waals surface area contributed by atoms with Crippen LogP contribution < -0.4 is 9.64 Å². The van der Waals surface area contributed by atoms with Crippen LogP contribution in [0.3, 0.4) is 0 Å². The van der Waals surface area contributed by atoms with Gasteiger partial charge in [0, 0.05) is 25.3 Å². The highest BCUT2D eigenvalue weighted by atomic mass is 16.5. The molecule has 4 nitrogen and oxygen atoms in total. The van der Waals surface area contributed by atoms with Gasteiger partial charge < -0.3 is 9.64 Å². The summed E-state index contributed by atoms with van der Waals surface area (Å²) in [4.78, 5) is 16.7. The first kappa shape index (κ1) is 12.7. The lowest BCUT2D eigenvalue weighted by Crippen LogP contribution is -2.32. The van der Waals surface area contributed by atoms with Crippen molar-refractivity contribution in [3.63, 3.8) is 0 Å². The van der Waals surface area contributed by atoms with Gasteiger partial charge in [0.2, 0.25) is 6.08 Å². The van der Waals surface area contributed by atoms with Gasteiger partial charge in [0.05, 0.1) is 7.11 Å². The molecule has 1 aromatic rings. The molecule has 0 aliphatic heterocycles. The van der Waals surface area contributed by atoms with E-state index in [4.69, 9.17) is 4.74 Å². The molecule has 96 valence electrons. The molecule has 0 spiro atoms. The van der Waals surface area contributed by atoms with Gasteiger partial charge in [-0.3, -0.25) is 0 Å². The molecule has 1 aromatic carbocycles. The van der Waals surface area contributed by atoms with Crippen molar-refractivity contribution in [3.8, 4) is 5.75 Å². The highest BCUT2D eigenvalue weighted by Crippen LogP contribution is 2.48. The van der Waals surface area contributed by atoms with Crippen LogP contribution in [0.5, 0.6) is 5.75 Å². The van der Waals surface area contributed by atoms with E-state index in [2.05, 4.69) is 11.1 Å². The second kappa shape index (κ2) is 4.83. The number of anilines is 1. The normalized spacial score (nSPS) is 16.4. The summed E-state index contributed by atoms with van der Waals surface area (Å²) in [6.07, 6.45) is 4.57. The van der Waals surface area contributed by atoms with E-state index in [0.29, 0.717) is 0 Å². The number of rotatable bonds is 4. The number of ether oxygens (including phenoxy) is 1. The fourth-order valence-electron chi connectivity index (χ4n) is 2.38. The quantitative estimate of drug-likeness (QED) is 0.605. The predicted molar refractivity (Wildman–Crippen MR) is 71.0 cm³/mol. The molecule has 0 radical (unpaired) electrons. The largest absolute Gasteiger partial charge is 0.496 e. The molecule has 0 N–H and O–H groups in total. The standard InChI is InChI=1S/C14H18N2O2/c1-16(2)11-5-6-13(18-3)12(9-11)14(15-10-17)7-4-8-14/h5-6,9H,4,7-8H2,1-3H3. The first-order valence-corrected chi connectivity index (χ1v) is 6.08. The Bertz CT molecular complexity index is 487. The molecule has 18 heavy (non-hydrogen) atoms. The third-order valence-electron chi connectivity index (χ3n) is 3.64. The molecule has 0 bridgehead atoms. The van der Waals surface area contributed by atoms with Crippen LogP contribution in [0.15, 0.2) is 23.2 Å². The van der Waals surface area contributed by atoms with Crippen LogP contribution in [-0.2, 0) is 10.3 Å². The SMILES string of the molecule is COc1ccc(N(C)C)cc1C1(N=C=O)CCC1. The van der Waals surface area contributed by atoms with Gasteiger partial charge >= 0.3 is 0 Å². The van der Waals surface area contributed by atoms with Crippen LogP contribution in [0.4, 0.5) is 5.69 Å². The van der Waals surface area contributed by atoms with E-state index in [9.17, 15) is 4.79 Å². The van der Waals surface area contributed by atoms with E-state index in [1.165, 1.54) is 0 Å². The zero-order valence-electron chi connectivity index (χ0n) is 11.1. The van der Waals surface area contributed by atoms with Crippen molar-refractivity contribution >= 4 is 11.8 Å². The van der Waals surface area contributed by atoms with E-state index in [1.54, 1.807) is 13.2 Å². The lowest BCUT2D eigenvalue weighted by molar-refractivity contribution is 0.246. The number of methoxy groups -OCH3 is 1. The third-order valence-corrected chi connectivity index (χ3v) is 3.64. The van der Waals surface area contributed by atoms with Gasteiger partial charge in [-0.1, -0.05) is 0 Å². The maximum atomic E-state index is 10.7. The Hall–Kier alpha value is -1.80. The second-order valence-electron chi connectivity index (χ2n) is 4.87. The van der Waals surface area contributed by atoms with Gasteiger partial charge in [-0.15, -0.1) is 0 Å². The second-order valence-corrected chi connectivity index (χ2v) is 4.87. The van der Waals surface area contributed by atoms with Crippen LogP contribution in [0.1, 0.15) is 24.8 Å². The number of nitrogens with zero attached hydrogens (tertiary/aromatic N) is 2. The van der Waals surface area contributed by atoms with E-state index >= 15 is 0 Å². The van der Waals surface area contributed by atoms with Crippen LogP contribution in [-0.4, -0.2) is 27.3 Å². The molecule has 1 aliphatic rings. The summed E-state index contributed by atoms with van der Waals surface area (Å²) in [7, 11) is 5.62. The maximum Gasteiger partial charge on any atom is 0.235 e. The van der Waals surface area contributed by atoms with Crippen molar-refractivity contribution in [2.75, 3.05) is 26.1 Å². The van der Waals surface area contributed by atoms with E-state index in [-0.39, 0.29) is 0 Å². The monoisotopic (exact) mass is 246 g/mol. The van der Waals surface area contributed by atoms with Crippen LogP contribution >= 0.6 is 0 Å². The predicted octanol–water partition coefficient (Wildman–Crippen LogP) is 2.48. The minimum Gasteiger partial charge on any atom is -0.496 e. The minimum atomic E-state index is -0.418. The first-order chi connectivity index (χ1) is 8.63. The average molecular weight is 246 g/mol. The number of benzene rings is 1. The molecular formula is C14H18N2O2. The molecule has 0 atom stereocenters. The van der Waals surface area contributed by atoms with Gasteiger partial charge in [0.15, 0.2) is 0 Å². The summed E-state index contributed by atoms with van der Waals surface area (Å²) in [5.41, 5.74) is 1.66. The molecule has 4 heteroatoms. The highest BCUT2D eigenvalue weighted by Gasteiger charge is 2.41. The molecule has 0 saturated heterocycles. The van der Waals surface area contributed by atoms with Crippen LogP contribution in [0, 0.1) is 0 Å². The van der Waals surface area contributed by atoms with Crippen LogP contribution in [0.2, 0.25) is 0 Å². The molecule has 0 aromatic heterocycles. The Labute approximate surface area is 107 Å². The first-order valence-electron chi connectivity index (χ1n) is 6.08. The lowest BCUT2D eigenvalue weighted by Gasteiger charge is -2.38. The maximum absolute atomic E-state index is 10.7. The summed E-state index contributed by atoms with van der Waals surface area (Å²) < 4.78 is 5.40. The van der Waals surface area contributed by atoms with Gasteiger partial charge in [-0.25, -0.2) is 4.79 Å². The van der Waals surface area contributed by atoms with Gasteiger partial charge in [0.25, 0.3) is 0 Å². The smallest absolute Gasteiger partial charge is 0.235 e. The Balaban J connectivity index is 2.52. The summed E-state index contributed by atoms with van der Waals surface area (Å²) >= 11 is 0. The third kappa shape index (κ3) is 2.00. The number of aliphatic imine (C=N–C) groups is 1. The molecule has 1 fully saturated rings. The number of hydrogen-bond acceptors (Lipinski definition) is 4. The van der Waals surface area contributed by atoms with E-state index < -0.39 is 5.54 Å². The fourth-order valence-corrected chi connectivity index (χ4v) is 2.38. The van der Waals surface area contributed by atoms with E-state index in [1.807, 2.05) is 31.1 Å². The van der Waals surface area contributed by atoms with Crippen molar-refractivity contribution in [2.24, 2.45) is 4.99 Å². The molecule has 2 rings (SSSR count). The highest BCUT2D eigenvalue weighted by molar-refractivity contribution is 5.56. The summed E-state index contributed by atoms with van der Waals surface area (Å²) in [6, 6.07) is 5.99. The van der Waals surface area contributed by atoms with Gasteiger partial charge in [0.1, 0.15) is 11.3 Å². The van der Waals surface area contributed by atoms with Crippen molar-refractivity contribution in [1.29, 1.82) is 0 Å². The Kier molecular flexibility index (Phi) is 3.39. The zero-order chi connectivity index (χ0) is 13.2. The summed E-state index contributed by atoms with van der Waals surface area (Å²) in [5, 5.41) is 0. The molecule has 0 amide bonds. The van der Waals surface area contributed by atoms with E-state index in [0.717, 1.165) is 36.3 Å². The number of isocyanates is 1. The molecule has 1 aliphatic carbocycles. The average Bonchev–Trinajstić information content (AvgIpc) is 2.33. The lowest BCUT2D eigenvalue weighted by atomic mass is 9.72. The summed E-state index contributed by atoms with van der Waals surface area (Å²) in [5.74, 6) is 0.791. The van der Waals surface area contributed by atoms with Crippen molar-refractivity contribution in [3.05, 3.63) is 23.8 Å².